The topological polar surface area (TPSA) is 92.4 Å². The average Bonchev–Trinajstić information content (AvgIpc) is 2.92. The zero-order chi connectivity index (χ0) is 20.9. The van der Waals surface area contributed by atoms with Gasteiger partial charge in [-0.05, 0) is 82.5 Å². The van der Waals surface area contributed by atoms with Crippen LogP contribution in [0.2, 0.25) is 0 Å². The van der Waals surface area contributed by atoms with Gasteiger partial charge >= 0.3 is 5.97 Å². The molecule has 0 aromatic heterocycles. The van der Waals surface area contributed by atoms with Crippen LogP contribution < -0.4 is 11.1 Å². The van der Waals surface area contributed by atoms with Crippen LogP contribution in [-0.2, 0) is 9.59 Å². The van der Waals surface area contributed by atoms with E-state index in [4.69, 9.17) is 10.8 Å². The Morgan fingerprint density at radius 1 is 1.07 bits per heavy atom. The van der Waals surface area contributed by atoms with Crippen molar-refractivity contribution in [3.63, 3.8) is 0 Å². The van der Waals surface area contributed by atoms with E-state index in [2.05, 4.69) is 19.2 Å². The fourth-order valence-corrected chi connectivity index (χ4v) is 6.81. The van der Waals surface area contributed by atoms with E-state index in [0.29, 0.717) is 17.8 Å². The summed E-state index contributed by atoms with van der Waals surface area (Å²) in [5.41, 5.74) is 6.06. The number of carbonyl (C=O) groups excluding carboxylic acids is 1. The van der Waals surface area contributed by atoms with Gasteiger partial charge in [-0.1, -0.05) is 19.9 Å². The summed E-state index contributed by atoms with van der Waals surface area (Å²) in [4.78, 5) is 24.2. The molecule has 4 N–H and O–H groups in total. The first-order chi connectivity index (χ1) is 12.9. The molecular weight excluding hydrogens is 352 g/mol. The van der Waals surface area contributed by atoms with Gasteiger partial charge in [0.1, 0.15) is 0 Å². The van der Waals surface area contributed by atoms with Gasteiger partial charge in [-0.15, -0.1) is 0 Å². The molecule has 0 heterocycles. The van der Waals surface area contributed by atoms with Crippen LogP contribution >= 0.6 is 0 Å². The lowest BCUT2D eigenvalue weighted by atomic mass is 9.48. The van der Waals surface area contributed by atoms with Crippen LogP contribution in [0, 0.1) is 34.5 Å². The Labute approximate surface area is 169 Å². The quantitative estimate of drug-likeness (QED) is 0.640. The van der Waals surface area contributed by atoms with Crippen molar-refractivity contribution < 1.29 is 14.7 Å². The third kappa shape index (κ3) is 3.62. The van der Waals surface area contributed by atoms with Gasteiger partial charge in [-0.3, -0.25) is 4.79 Å². The van der Waals surface area contributed by atoms with E-state index in [1.54, 1.807) is 0 Å². The van der Waals surface area contributed by atoms with Gasteiger partial charge in [0.25, 0.3) is 0 Å². The van der Waals surface area contributed by atoms with Gasteiger partial charge < -0.3 is 16.2 Å². The molecule has 1 unspecified atom stereocenters. The maximum Gasteiger partial charge on any atom is 0.327 e. The zero-order valence-electron chi connectivity index (χ0n) is 18.1. The molecule has 3 aliphatic carbocycles. The molecule has 0 spiro atoms. The highest BCUT2D eigenvalue weighted by atomic mass is 16.4. The molecular formula is C23H38N2O3. The molecule has 0 radical (unpaired) electrons. The van der Waals surface area contributed by atoms with Crippen LogP contribution in [0.3, 0.4) is 0 Å². The number of hydrogen-bond donors (Lipinski definition) is 3. The number of rotatable bonds is 3. The van der Waals surface area contributed by atoms with E-state index in [-0.39, 0.29) is 34.2 Å². The van der Waals surface area contributed by atoms with Crippen molar-refractivity contribution in [1.29, 1.82) is 0 Å². The zero-order valence-corrected chi connectivity index (χ0v) is 18.1. The highest BCUT2D eigenvalue weighted by molar-refractivity contribution is 5.81. The first-order valence-electron chi connectivity index (χ1n) is 10.9. The highest BCUT2D eigenvalue weighted by Crippen LogP contribution is 2.64. The lowest BCUT2D eigenvalue weighted by molar-refractivity contribution is -0.134. The molecule has 0 bridgehead atoms. The van der Waals surface area contributed by atoms with E-state index in [9.17, 15) is 9.59 Å². The predicted molar refractivity (Wildman–Crippen MR) is 111 cm³/mol. The Kier molecular flexibility index (Phi) is 5.46. The van der Waals surface area contributed by atoms with Crippen molar-refractivity contribution in [1.82, 2.24) is 5.32 Å². The van der Waals surface area contributed by atoms with E-state index < -0.39 is 5.97 Å². The fourth-order valence-electron chi connectivity index (χ4n) is 6.81. The van der Waals surface area contributed by atoms with Crippen LogP contribution in [-0.4, -0.2) is 28.6 Å². The lowest BCUT2D eigenvalue weighted by Crippen LogP contribution is -2.56. The maximum absolute atomic E-state index is 13.0. The SMILES string of the molecule is CC(C)(C)NC(=O)[C@H]1CC[C@H]2[C@@H]3CC[C@@H](N)[C@](C)(/C=C\C(=O)O)C3CC[C@]12C. The smallest absolute Gasteiger partial charge is 0.327 e. The summed E-state index contributed by atoms with van der Waals surface area (Å²) >= 11 is 0. The minimum absolute atomic E-state index is 0.00454. The number of carboxylic acid groups (broad SMARTS) is 1. The largest absolute Gasteiger partial charge is 0.478 e. The maximum atomic E-state index is 13.0. The average molecular weight is 391 g/mol. The van der Waals surface area contributed by atoms with E-state index in [1.165, 1.54) is 6.08 Å². The lowest BCUT2D eigenvalue weighted by Gasteiger charge is -2.57. The van der Waals surface area contributed by atoms with Crippen molar-refractivity contribution in [2.45, 2.75) is 84.7 Å². The number of carboxylic acids is 1. The molecule has 28 heavy (non-hydrogen) atoms. The van der Waals surface area contributed by atoms with Crippen LogP contribution in [0.5, 0.6) is 0 Å². The summed E-state index contributed by atoms with van der Waals surface area (Å²) in [5.74, 6) is 0.817. The minimum Gasteiger partial charge on any atom is -0.478 e. The van der Waals surface area contributed by atoms with Crippen LogP contribution in [0.1, 0.15) is 73.1 Å². The van der Waals surface area contributed by atoms with Crippen molar-refractivity contribution >= 4 is 11.9 Å². The van der Waals surface area contributed by atoms with Gasteiger partial charge in [0.15, 0.2) is 0 Å². The monoisotopic (exact) mass is 390 g/mol. The number of nitrogens with one attached hydrogen (secondary N) is 1. The van der Waals surface area contributed by atoms with Crippen molar-refractivity contribution in [2.75, 3.05) is 0 Å². The number of fused-ring (bicyclic) bond motifs is 3. The second-order valence-electron chi connectivity index (χ2n) is 11.0. The molecule has 0 saturated heterocycles. The number of hydrogen-bond acceptors (Lipinski definition) is 3. The predicted octanol–water partition coefficient (Wildman–Crippen LogP) is 3.73. The molecule has 3 rings (SSSR count). The molecule has 5 nitrogen and oxygen atoms in total. The molecule has 0 aromatic rings. The van der Waals surface area contributed by atoms with E-state index >= 15 is 0 Å². The summed E-state index contributed by atoms with van der Waals surface area (Å²) in [6.45, 7) is 10.6. The molecule has 0 aromatic carbocycles. The van der Waals surface area contributed by atoms with Crippen LogP contribution in [0.25, 0.3) is 0 Å². The molecule has 0 aliphatic heterocycles. The molecule has 3 saturated carbocycles. The molecule has 7 atom stereocenters. The summed E-state index contributed by atoms with van der Waals surface area (Å²) < 4.78 is 0. The normalized spacial score (nSPS) is 43.4. The summed E-state index contributed by atoms with van der Waals surface area (Å²) in [6.07, 6.45) is 9.25. The van der Waals surface area contributed by atoms with Crippen molar-refractivity contribution in [3.8, 4) is 0 Å². The standard InChI is InChI=1S/C23H38N2O3/c1-21(2,3)25-20(28)17-8-7-15-14-6-9-18(24)23(5,13-11-19(26)27)16(14)10-12-22(15,17)4/h11,13-18H,6-10,12,24H2,1-5H3,(H,25,28)(H,26,27)/b13-11-/t14-,15-,16?,17+,18+,22-,23+/m0/s1. The molecule has 5 heteroatoms. The molecule has 3 aliphatic rings. The van der Waals surface area contributed by atoms with Gasteiger partial charge in [0.05, 0.1) is 0 Å². The molecule has 3 fully saturated rings. The van der Waals surface area contributed by atoms with Gasteiger partial charge in [0.2, 0.25) is 5.91 Å². The Bertz CT molecular complexity index is 667. The third-order valence-corrected chi connectivity index (χ3v) is 8.25. The Balaban J connectivity index is 1.85. The van der Waals surface area contributed by atoms with Gasteiger partial charge in [-0.25, -0.2) is 4.79 Å². The van der Waals surface area contributed by atoms with Gasteiger partial charge in [0, 0.05) is 29.0 Å². The Morgan fingerprint density at radius 2 is 1.75 bits per heavy atom. The summed E-state index contributed by atoms with van der Waals surface area (Å²) in [6, 6.07) is -0.00454. The van der Waals surface area contributed by atoms with Crippen LogP contribution in [0.4, 0.5) is 0 Å². The second-order valence-corrected chi connectivity index (χ2v) is 11.0. The number of carbonyl (C=O) groups is 2. The Hall–Kier alpha value is -1.36. The molecule has 1 amide bonds. The number of nitrogens with two attached hydrogens (primary N) is 1. The van der Waals surface area contributed by atoms with E-state index in [0.717, 1.165) is 38.5 Å². The van der Waals surface area contributed by atoms with E-state index in [1.807, 2.05) is 26.8 Å². The van der Waals surface area contributed by atoms with Crippen molar-refractivity contribution in [2.24, 2.45) is 40.2 Å². The summed E-state index contributed by atoms with van der Waals surface area (Å²) in [7, 11) is 0. The van der Waals surface area contributed by atoms with Crippen molar-refractivity contribution in [3.05, 3.63) is 12.2 Å². The number of aliphatic carboxylic acids is 1. The second kappa shape index (κ2) is 7.16. The third-order valence-electron chi connectivity index (χ3n) is 8.25. The Morgan fingerprint density at radius 3 is 2.36 bits per heavy atom. The first kappa shape index (κ1) is 21.4. The molecule has 158 valence electrons. The number of amides is 1. The minimum atomic E-state index is -0.907. The fraction of sp³-hybridized carbons (Fsp3) is 0.826. The first-order valence-corrected chi connectivity index (χ1v) is 10.9. The highest BCUT2D eigenvalue weighted by Gasteiger charge is 2.60. The van der Waals surface area contributed by atoms with Gasteiger partial charge in [-0.2, -0.15) is 0 Å². The summed E-state index contributed by atoms with van der Waals surface area (Å²) in [5, 5.41) is 12.4. The van der Waals surface area contributed by atoms with Crippen LogP contribution in [0.15, 0.2) is 12.2 Å².